The molecule has 0 spiro atoms. The zero-order valence-electron chi connectivity index (χ0n) is 36.9. The molecule has 0 aliphatic carbocycles. The third kappa shape index (κ3) is 6.63. The van der Waals surface area contributed by atoms with Crippen molar-refractivity contribution in [3.63, 3.8) is 0 Å². The highest BCUT2D eigenvalue weighted by Crippen LogP contribution is 2.49. The molecule has 0 atom stereocenters. The maximum absolute atomic E-state index is 2.47. The second-order valence-electron chi connectivity index (χ2n) is 17.9. The Morgan fingerprint density at radius 3 is 1.18 bits per heavy atom. The normalized spacial score (nSPS) is 11.7. The highest BCUT2D eigenvalue weighted by Gasteiger charge is 2.22. The van der Waals surface area contributed by atoms with Crippen molar-refractivity contribution in [3.8, 4) is 55.6 Å². The Balaban J connectivity index is 1.31. The molecule has 0 bridgehead atoms. The summed E-state index contributed by atoms with van der Waals surface area (Å²) >= 11 is 0. The lowest BCUT2D eigenvalue weighted by molar-refractivity contribution is 1.32. The number of fused-ring (bicyclic) bond motifs is 5. The van der Waals surface area contributed by atoms with Crippen LogP contribution in [-0.4, -0.2) is 0 Å². The third-order valence-electron chi connectivity index (χ3n) is 13.4. The van der Waals surface area contributed by atoms with Crippen molar-refractivity contribution < 1.29 is 0 Å². The van der Waals surface area contributed by atoms with E-state index in [4.69, 9.17) is 0 Å². The molecule has 0 N–H and O–H groups in total. The molecular weight excluding hydrogens is 733 g/mol. The van der Waals surface area contributed by atoms with E-state index in [9.17, 15) is 0 Å². The summed E-state index contributed by atoms with van der Waals surface area (Å²) < 4.78 is 0. The lowest BCUT2D eigenvalue weighted by Crippen LogP contribution is -1.96. The van der Waals surface area contributed by atoms with Gasteiger partial charge in [-0.15, -0.1) is 0 Å². The molecule has 0 unspecified atom stereocenters. The van der Waals surface area contributed by atoms with Gasteiger partial charge in [-0.05, 0) is 225 Å². The zero-order valence-corrected chi connectivity index (χ0v) is 36.9. The summed E-state index contributed by atoms with van der Waals surface area (Å²) in [5.74, 6) is 0. The first-order valence-electron chi connectivity index (χ1n) is 21.7. The number of hydrogen-bond donors (Lipinski definition) is 0. The van der Waals surface area contributed by atoms with Crippen LogP contribution in [0.3, 0.4) is 0 Å². The first-order chi connectivity index (χ1) is 29.4. The van der Waals surface area contributed by atoms with Gasteiger partial charge in [0.15, 0.2) is 0 Å². The summed E-state index contributed by atoms with van der Waals surface area (Å²) in [6, 6.07) is 58.4. The van der Waals surface area contributed by atoms with Gasteiger partial charge in [-0.25, -0.2) is 0 Å². The smallest absolute Gasteiger partial charge is 0.00197 e. The van der Waals surface area contributed by atoms with Crippen molar-refractivity contribution in [2.75, 3.05) is 0 Å². The number of benzene rings is 10. The number of hydrogen-bond acceptors (Lipinski definition) is 0. The molecule has 0 aliphatic heterocycles. The van der Waals surface area contributed by atoms with Gasteiger partial charge in [-0.3, -0.25) is 0 Å². The molecule has 61 heavy (non-hydrogen) atoms. The highest BCUT2D eigenvalue weighted by atomic mass is 14.3. The van der Waals surface area contributed by atoms with Gasteiger partial charge in [0.05, 0.1) is 0 Å². The zero-order chi connectivity index (χ0) is 42.3. The fourth-order valence-corrected chi connectivity index (χ4v) is 10.0. The molecule has 0 nitrogen and oxygen atoms in total. The summed E-state index contributed by atoms with van der Waals surface area (Å²) in [5.41, 5.74) is 24.3. The molecule has 0 saturated carbocycles. The first-order valence-corrected chi connectivity index (χ1v) is 21.7. The molecule has 0 saturated heterocycles. The van der Waals surface area contributed by atoms with Gasteiger partial charge < -0.3 is 0 Å². The van der Waals surface area contributed by atoms with Crippen LogP contribution in [0.5, 0.6) is 0 Å². The molecule has 296 valence electrons. The maximum atomic E-state index is 2.47. The summed E-state index contributed by atoms with van der Waals surface area (Å²) in [6.07, 6.45) is 0. The first kappa shape index (κ1) is 38.4. The highest BCUT2D eigenvalue weighted by molar-refractivity contribution is 6.26. The van der Waals surface area contributed by atoms with Crippen LogP contribution >= 0.6 is 0 Å². The van der Waals surface area contributed by atoms with E-state index in [1.807, 2.05) is 0 Å². The predicted octanol–water partition coefficient (Wildman–Crippen LogP) is 17.4. The van der Waals surface area contributed by atoms with Crippen LogP contribution in [0, 0.1) is 62.3 Å². The van der Waals surface area contributed by atoms with Gasteiger partial charge in [-0.1, -0.05) is 138 Å². The molecule has 10 aromatic carbocycles. The van der Waals surface area contributed by atoms with Crippen molar-refractivity contribution in [2.45, 2.75) is 62.3 Å². The van der Waals surface area contributed by atoms with E-state index < -0.39 is 0 Å². The summed E-state index contributed by atoms with van der Waals surface area (Å²) in [5, 5.41) is 10.3. The Morgan fingerprint density at radius 2 is 0.672 bits per heavy atom. The van der Waals surface area contributed by atoms with Crippen LogP contribution < -0.4 is 0 Å². The second kappa shape index (κ2) is 14.8. The Bertz CT molecular complexity index is 3250. The lowest BCUT2D eigenvalue weighted by Gasteiger charge is -2.23. The topological polar surface area (TPSA) is 0 Å². The minimum absolute atomic E-state index is 1.22. The van der Waals surface area contributed by atoms with Crippen LogP contribution in [0.2, 0.25) is 0 Å². The fourth-order valence-electron chi connectivity index (χ4n) is 10.0. The predicted molar refractivity (Wildman–Crippen MR) is 266 cm³/mol. The van der Waals surface area contributed by atoms with Crippen LogP contribution in [0.15, 0.2) is 152 Å². The van der Waals surface area contributed by atoms with Crippen molar-refractivity contribution in [1.29, 1.82) is 0 Å². The van der Waals surface area contributed by atoms with Crippen LogP contribution in [-0.2, 0) is 0 Å². The molecule has 10 rings (SSSR count). The number of rotatable bonds is 5. The van der Waals surface area contributed by atoms with Crippen LogP contribution in [0.4, 0.5) is 0 Å². The van der Waals surface area contributed by atoms with E-state index in [-0.39, 0.29) is 0 Å². The van der Waals surface area contributed by atoms with Crippen molar-refractivity contribution in [3.05, 3.63) is 202 Å². The second-order valence-corrected chi connectivity index (χ2v) is 17.9. The average molecular weight is 785 g/mol. The quantitative estimate of drug-likeness (QED) is 0.120. The van der Waals surface area contributed by atoms with E-state index >= 15 is 0 Å². The molecule has 0 aliphatic rings. The Labute approximate surface area is 361 Å². The molecule has 10 aromatic rings. The van der Waals surface area contributed by atoms with Crippen molar-refractivity contribution >= 4 is 43.1 Å². The Hall–Kier alpha value is -6.76. The van der Waals surface area contributed by atoms with Gasteiger partial charge in [0.2, 0.25) is 0 Å². The summed E-state index contributed by atoms with van der Waals surface area (Å²) in [7, 11) is 0. The fraction of sp³-hybridized carbons (Fsp3) is 0.148. The van der Waals surface area contributed by atoms with Crippen LogP contribution in [0.25, 0.3) is 98.7 Å². The van der Waals surface area contributed by atoms with E-state index in [0.29, 0.717) is 0 Å². The largest absolute Gasteiger partial charge is 0.0616 e. The van der Waals surface area contributed by atoms with Crippen LogP contribution in [0.1, 0.15) is 50.1 Å². The number of aryl methyl sites for hydroxylation is 9. The standard InChI is InChI=1S/C61H52/c1-35-14-18-44(19-15-35)48-30-49(45-20-16-36(2)17-21-45)32-50(31-48)60-54-26-38(4)40(6)28-56(54)61(57-29-41(7)39(5)27-55(57)60)58-33-46-22-23-47(59-42(8)24-37(3)25-43(59)9)34-53(46)51-12-10-11-13-52(51)58/h10-34H,1-9H3. The van der Waals surface area contributed by atoms with Gasteiger partial charge >= 0.3 is 0 Å². The Morgan fingerprint density at radius 1 is 0.230 bits per heavy atom. The molecule has 0 amide bonds. The summed E-state index contributed by atoms with van der Waals surface area (Å²) in [4.78, 5) is 0. The van der Waals surface area contributed by atoms with E-state index in [0.717, 1.165) is 0 Å². The average Bonchev–Trinajstić information content (AvgIpc) is 3.24. The van der Waals surface area contributed by atoms with Gasteiger partial charge in [0.1, 0.15) is 0 Å². The monoisotopic (exact) mass is 784 g/mol. The van der Waals surface area contributed by atoms with Gasteiger partial charge in [0.25, 0.3) is 0 Å². The molecule has 0 fully saturated rings. The molecule has 0 aromatic heterocycles. The van der Waals surface area contributed by atoms with E-state index in [2.05, 4.69) is 214 Å². The molecule has 0 heteroatoms. The lowest BCUT2D eigenvalue weighted by atomic mass is 9.81. The van der Waals surface area contributed by atoms with Gasteiger partial charge in [0, 0.05) is 0 Å². The molecular formula is C61H52. The minimum atomic E-state index is 1.22. The van der Waals surface area contributed by atoms with E-state index in [1.54, 1.807) is 0 Å². The van der Waals surface area contributed by atoms with Crippen molar-refractivity contribution in [1.82, 2.24) is 0 Å². The molecule has 0 heterocycles. The Kier molecular flexibility index (Phi) is 9.30. The van der Waals surface area contributed by atoms with Crippen molar-refractivity contribution in [2.24, 2.45) is 0 Å². The van der Waals surface area contributed by atoms with Gasteiger partial charge in [-0.2, -0.15) is 0 Å². The molecule has 0 radical (unpaired) electrons. The SMILES string of the molecule is Cc1ccc(-c2cc(-c3ccc(C)cc3)cc(-c3c4cc(C)c(C)cc4c(-c4cc5ccc(-c6c(C)cc(C)cc6C)cc5c5ccccc45)c4cc(C)c(C)cc34)c2)cc1. The maximum Gasteiger partial charge on any atom is -0.00197 e. The third-order valence-corrected chi connectivity index (χ3v) is 13.4. The minimum Gasteiger partial charge on any atom is -0.0616 e. The summed E-state index contributed by atoms with van der Waals surface area (Å²) in [6.45, 7) is 20.1. The van der Waals surface area contributed by atoms with E-state index in [1.165, 1.54) is 149 Å².